The van der Waals surface area contributed by atoms with Gasteiger partial charge in [-0.25, -0.2) is 4.98 Å². The van der Waals surface area contributed by atoms with Crippen molar-refractivity contribution >= 4 is 22.7 Å². The fourth-order valence-electron chi connectivity index (χ4n) is 3.23. The van der Waals surface area contributed by atoms with Gasteiger partial charge in [0.15, 0.2) is 0 Å². The number of aliphatic hydroxyl groups is 2. The molecule has 1 aliphatic rings. The summed E-state index contributed by atoms with van der Waals surface area (Å²) in [6.45, 7) is 7.46. The van der Waals surface area contributed by atoms with Crippen LogP contribution in [0, 0.1) is 12.3 Å². The number of aliphatic hydroxyl groups excluding tert-OH is 2. The quantitative estimate of drug-likeness (QED) is 0.408. The van der Waals surface area contributed by atoms with Crippen molar-refractivity contribution in [3.05, 3.63) is 35.6 Å². The summed E-state index contributed by atoms with van der Waals surface area (Å²) in [6.07, 6.45) is 2.02. The van der Waals surface area contributed by atoms with Crippen molar-refractivity contribution in [3.8, 4) is 0 Å². The van der Waals surface area contributed by atoms with E-state index in [1.54, 1.807) is 0 Å². The maximum absolute atomic E-state index is 9.54. The molecule has 5 N–H and O–H groups in total. The zero-order valence-corrected chi connectivity index (χ0v) is 14.5. The molecule has 1 aromatic carbocycles. The standard InChI is InChI=1S/C18H25N5O2/c1-11-7-13(10-24)8-16-17(11)22-18(21-14-3-5-20-6-4-14)23(16)9-15(19)12(2)25/h7-8,14,19-20,24-25H,2-6,9-10H2,1H3,(H,21,22). The van der Waals surface area contributed by atoms with Crippen molar-refractivity contribution < 1.29 is 10.2 Å². The predicted molar refractivity (Wildman–Crippen MR) is 99.4 cm³/mol. The molecule has 1 saturated heterocycles. The highest BCUT2D eigenvalue weighted by atomic mass is 16.3. The van der Waals surface area contributed by atoms with Crippen molar-refractivity contribution in [1.82, 2.24) is 14.9 Å². The van der Waals surface area contributed by atoms with Crippen LogP contribution in [0.15, 0.2) is 24.5 Å². The second kappa shape index (κ2) is 7.25. The van der Waals surface area contributed by atoms with E-state index in [4.69, 9.17) is 10.4 Å². The van der Waals surface area contributed by atoms with Crippen molar-refractivity contribution in [2.75, 3.05) is 18.4 Å². The lowest BCUT2D eigenvalue weighted by Crippen LogP contribution is -2.36. The third kappa shape index (κ3) is 3.67. The van der Waals surface area contributed by atoms with E-state index >= 15 is 0 Å². The third-order valence-corrected chi connectivity index (χ3v) is 4.62. The minimum atomic E-state index is -0.246. The van der Waals surface area contributed by atoms with Gasteiger partial charge in [0.25, 0.3) is 0 Å². The molecule has 3 rings (SSSR count). The normalized spacial score (nSPS) is 15.4. The minimum Gasteiger partial charge on any atom is -0.507 e. The summed E-state index contributed by atoms with van der Waals surface area (Å²) in [5.41, 5.74) is 3.49. The van der Waals surface area contributed by atoms with Gasteiger partial charge in [0.2, 0.25) is 5.95 Å². The molecule has 0 unspecified atom stereocenters. The summed E-state index contributed by atoms with van der Waals surface area (Å²) in [4.78, 5) is 4.74. The van der Waals surface area contributed by atoms with Crippen molar-refractivity contribution in [1.29, 1.82) is 5.41 Å². The predicted octanol–water partition coefficient (Wildman–Crippen LogP) is 2.09. The first-order chi connectivity index (χ1) is 12.0. The second-order valence-corrected chi connectivity index (χ2v) is 6.55. The van der Waals surface area contributed by atoms with Crippen LogP contribution < -0.4 is 10.6 Å². The second-order valence-electron chi connectivity index (χ2n) is 6.55. The number of fused-ring (bicyclic) bond motifs is 1. The molecule has 7 heteroatoms. The fraction of sp³-hybridized carbons (Fsp3) is 0.444. The highest BCUT2D eigenvalue weighted by Crippen LogP contribution is 2.26. The molecule has 0 bridgehead atoms. The van der Waals surface area contributed by atoms with Crippen molar-refractivity contribution in [2.45, 2.75) is 39.0 Å². The number of imidazole rings is 1. The Bertz CT molecular complexity index is 805. The number of nitrogens with one attached hydrogen (secondary N) is 3. The third-order valence-electron chi connectivity index (χ3n) is 4.62. The molecule has 7 nitrogen and oxygen atoms in total. The lowest BCUT2D eigenvalue weighted by molar-refractivity contribution is 0.282. The molecule has 2 heterocycles. The van der Waals surface area contributed by atoms with Crippen LogP contribution in [0.2, 0.25) is 0 Å². The average Bonchev–Trinajstić information content (AvgIpc) is 2.93. The van der Waals surface area contributed by atoms with Crippen LogP contribution in [-0.2, 0) is 13.2 Å². The number of allylic oxidation sites excluding steroid dienone is 1. The van der Waals surface area contributed by atoms with E-state index in [0.29, 0.717) is 12.0 Å². The molecule has 0 spiro atoms. The van der Waals surface area contributed by atoms with Crippen LogP contribution in [-0.4, -0.2) is 44.6 Å². The molecule has 0 atom stereocenters. The van der Waals surface area contributed by atoms with Crippen LogP contribution >= 0.6 is 0 Å². The van der Waals surface area contributed by atoms with E-state index in [9.17, 15) is 10.2 Å². The Kier molecular flexibility index (Phi) is 5.06. The molecule has 2 aromatic rings. The number of hydrogen-bond acceptors (Lipinski definition) is 6. The van der Waals surface area contributed by atoms with Gasteiger partial charge in [-0.2, -0.15) is 0 Å². The Morgan fingerprint density at radius 1 is 1.44 bits per heavy atom. The summed E-state index contributed by atoms with van der Waals surface area (Å²) >= 11 is 0. The summed E-state index contributed by atoms with van der Waals surface area (Å²) in [5.74, 6) is 0.441. The monoisotopic (exact) mass is 343 g/mol. The number of rotatable bonds is 6. The van der Waals surface area contributed by atoms with Gasteiger partial charge in [-0.05, 0) is 50.0 Å². The molecular formula is C18H25N5O2. The lowest BCUT2D eigenvalue weighted by atomic mass is 10.1. The lowest BCUT2D eigenvalue weighted by Gasteiger charge is -2.24. The minimum absolute atomic E-state index is 0.0414. The number of anilines is 1. The topological polar surface area (TPSA) is 106 Å². The van der Waals surface area contributed by atoms with E-state index in [2.05, 4.69) is 17.2 Å². The first-order valence-corrected chi connectivity index (χ1v) is 8.53. The van der Waals surface area contributed by atoms with Gasteiger partial charge in [-0.15, -0.1) is 0 Å². The molecule has 1 aliphatic heterocycles. The average molecular weight is 343 g/mol. The van der Waals surface area contributed by atoms with E-state index in [1.807, 2.05) is 23.6 Å². The number of hydrogen-bond donors (Lipinski definition) is 5. The zero-order chi connectivity index (χ0) is 18.0. The number of nitrogens with zero attached hydrogens (tertiary/aromatic N) is 2. The maximum Gasteiger partial charge on any atom is 0.204 e. The van der Waals surface area contributed by atoms with E-state index in [1.165, 1.54) is 0 Å². The Hall–Kier alpha value is -2.38. The molecule has 0 aliphatic carbocycles. The van der Waals surface area contributed by atoms with Crippen LogP contribution in [0.5, 0.6) is 0 Å². The molecule has 0 saturated carbocycles. The zero-order valence-electron chi connectivity index (χ0n) is 14.5. The molecular weight excluding hydrogens is 318 g/mol. The van der Waals surface area contributed by atoms with Gasteiger partial charge >= 0.3 is 0 Å². The molecule has 0 amide bonds. The smallest absolute Gasteiger partial charge is 0.204 e. The van der Waals surface area contributed by atoms with Gasteiger partial charge in [-0.1, -0.05) is 12.6 Å². The SMILES string of the molecule is C=C(O)C(=N)Cn1c(NC2CCNCC2)nc2c(C)cc(CO)cc21. The summed E-state index contributed by atoms with van der Waals surface area (Å²) in [6, 6.07) is 4.13. The molecule has 1 aromatic heterocycles. The highest BCUT2D eigenvalue weighted by Gasteiger charge is 2.19. The number of aryl methyl sites for hydroxylation is 1. The van der Waals surface area contributed by atoms with Crippen LogP contribution in [0.1, 0.15) is 24.0 Å². The van der Waals surface area contributed by atoms with Crippen molar-refractivity contribution in [3.63, 3.8) is 0 Å². The number of aromatic nitrogens is 2. The summed E-state index contributed by atoms with van der Waals surface area (Å²) < 4.78 is 1.88. The van der Waals surface area contributed by atoms with Gasteiger partial charge in [-0.3, -0.25) is 5.41 Å². The number of piperidine rings is 1. The van der Waals surface area contributed by atoms with Crippen LogP contribution in [0.4, 0.5) is 5.95 Å². The molecule has 25 heavy (non-hydrogen) atoms. The van der Waals surface area contributed by atoms with Crippen LogP contribution in [0.25, 0.3) is 11.0 Å². The van der Waals surface area contributed by atoms with E-state index < -0.39 is 0 Å². The molecule has 1 fully saturated rings. The van der Waals surface area contributed by atoms with Gasteiger partial charge in [0.05, 0.1) is 29.9 Å². The summed E-state index contributed by atoms with van der Waals surface area (Å²) in [7, 11) is 0. The summed E-state index contributed by atoms with van der Waals surface area (Å²) in [5, 5.41) is 33.8. The Balaban J connectivity index is 2.04. The molecule has 0 radical (unpaired) electrons. The Morgan fingerprint density at radius 3 is 2.80 bits per heavy atom. The van der Waals surface area contributed by atoms with Gasteiger partial charge in [0.1, 0.15) is 5.76 Å². The first-order valence-electron chi connectivity index (χ1n) is 8.53. The fourth-order valence-corrected chi connectivity index (χ4v) is 3.23. The van der Waals surface area contributed by atoms with Crippen LogP contribution in [0.3, 0.4) is 0 Å². The number of benzene rings is 1. The van der Waals surface area contributed by atoms with Crippen molar-refractivity contribution in [2.24, 2.45) is 0 Å². The van der Waals surface area contributed by atoms with E-state index in [-0.39, 0.29) is 24.6 Å². The maximum atomic E-state index is 9.54. The largest absolute Gasteiger partial charge is 0.507 e. The highest BCUT2D eigenvalue weighted by molar-refractivity contribution is 5.96. The Labute approximate surface area is 146 Å². The van der Waals surface area contributed by atoms with E-state index in [0.717, 1.165) is 48.1 Å². The van der Waals surface area contributed by atoms with Gasteiger partial charge in [0, 0.05) is 6.04 Å². The first kappa shape index (κ1) is 17.4. The molecule has 134 valence electrons. The van der Waals surface area contributed by atoms with Gasteiger partial charge < -0.3 is 25.4 Å². The Morgan fingerprint density at radius 2 is 2.16 bits per heavy atom.